The Kier molecular flexibility index (Phi) is 9.72. The lowest BCUT2D eigenvalue weighted by Crippen LogP contribution is -2.31. The summed E-state index contributed by atoms with van der Waals surface area (Å²) in [5.41, 5.74) is 7.57. The number of imidazole rings is 1. The van der Waals surface area contributed by atoms with Crippen LogP contribution in [0.1, 0.15) is 32.2 Å². The molecule has 4 aromatic rings. The summed E-state index contributed by atoms with van der Waals surface area (Å²) in [7, 11) is 0. The third-order valence-corrected chi connectivity index (χ3v) is 11.6. The number of hydrogen-bond acceptors (Lipinski definition) is 13. The number of thiol groups is 2. The van der Waals surface area contributed by atoms with Crippen molar-refractivity contribution in [2.45, 2.75) is 50.5 Å². The highest BCUT2D eigenvalue weighted by Gasteiger charge is 2.48. The van der Waals surface area contributed by atoms with E-state index in [4.69, 9.17) is 52.0 Å². The van der Waals surface area contributed by atoms with Crippen LogP contribution in [0.5, 0.6) is 0 Å². The van der Waals surface area contributed by atoms with Gasteiger partial charge in [0.1, 0.15) is 41.5 Å². The van der Waals surface area contributed by atoms with Crippen LogP contribution in [0.4, 0.5) is 5.82 Å². The molecule has 3 N–H and O–H groups in total. The van der Waals surface area contributed by atoms with E-state index in [0.29, 0.717) is 33.1 Å². The molecule has 0 amide bonds. The van der Waals surface area contributed by atoms with Gasteiger partial charge >= 0.3 is 18.5 Å². The third-order valence-electron chi connectivity index (χ3n) is 7.43. The molecule has 2 aliphatic rings. The number of rotatable bonds is 10. The Morgan fingerprint density at radius 1 is 1.13 bits per heavy atom. The topological polar surface area (TPSA) is 192 Å². The van der Waals surface area contributed by atoms with Crippen molar-refractivity contribution in [3.8, 4) is 0 Å². The maximum absolute atomic E-state index is 13.5. The van der Waals surface area contributed by atoms with Gasteiger partial charge in [-0.15, -0.1) is 0 Å². The highest BCUT2D eigenvalue weighted by molar-refractivity contribution is 8.44. The van der Waals surface area contributed by atoms with Gasteiger partial charge in [0.05, 0.1) is 46.7 Å². The second-order valence-corrected chi connectivity index (χ2v) is 17.8. The minimum atomic E-state index is -4.23. The van der Waals surface area contributed by atoms with Crippen LogP contribution < -0.4 is 10.6 Å². The monoisotopic (exact) mass is 758 g/mol. The molecule has 2 aliphatic heterocycles. The normalized spacial score (nSPS) is 28.1. The molecule has 5 heterocycles. The summed E-state index contributed by atoms with van der Waals surface area (Å²) in [5.74, 6) is -0.552. The van der Waals surface area contributed by atoms with Crippen LogP contribution in [0.3, 0.4) is 0 Å². The highest BCUT2D eigenvalue weighted by Crippen LogP contribution is 2.58. The number of benzene rings is 1. The van der Waals surface area contributed by atoms with Crippen molar-refractivity contribution in [3.63, 3.8) is 0 Å². The van der Waals surface area contributed by atoms with E-state index in [1.807, 2.05) is 4.57 Å². The fourth-order valence-corrected chi connectivity index (χ4v) is 8.67. The van der Waals surface area contributed by atoms with Gasteiger partial charge in [0.2, 0.25) is 0 Å². The van der Waals surface area contributed by atoms with E-state index < -0.39 is 55.5 Å². The first kappa shape index (κ1) is 33.7. The Labute approximate surface area is 279 Å². The Balaban J connectivity index is 1.15. The molecular weight excluding hydrogens is 733 g/mol. The molecule has 0 saturated carbocycles. The van der Waals surface area contributed by atoms with Crippen LogP contribution in [0.25, 0.3) is 21.4 Å². The van der Waals surface area contributed by atoms with Crippen LogP contribution in [-0.4, -0.2) is 60.5 Å². The second-order valence-electron chi connectivity index (χ2n) is 10.4. The maximum atomic E-state index is 13.5. The van der Waals surface area contributed by atoms with E-state index in [0.717, 1.165) is 16.9 Å². The summed E-state index contributed by atoms with van der Waals surface area (Å²) in [6, 6.07) is 3.39. The minimum Gasteiger partial charge on any atom is -0.382 e. The van der Waals surface area contributed by atoms with E-state index in [1.165, 1.54) is 10.9 Å². The van der Waals surface area contributed by atoms with Crippen LogP contribution in [0.2, 0.25) is 10.0 Å². The van der Waals surface area contributed by atoms with E-state index in [9.17, 15) is 18.8 Å². The molecule has 22 heteroatoms. The van der Waals surface area contributed by atoms with Crippen molar-refractivity contribution < 1.29 is 37.1 Å². The molecule has 2 fully saturated rings. The summed E-state index contributed by atoms with van der Waals surface area (Å²) in [6.45, 7) is -7.23. The lowest BCUT2D eigenvalue weighted by Gasteiger charge is -2.25. The number of nitrogens with zero attached hydrogens (tertiary/aromatic N) is 5. The molecule has 45 heavy (non-hydrogen) atoms. The molecule has 1 aromatic carbocycles. The van der Waals surface area contributed by atoms with Gasteiger partial charge in [-0.1, -0.05) is 66.0 Å². The average Bonchev–Trinajstić information content (AvgIpc) is 3.73. The molecule has 244 valence electrons. The molecule has 0 aliphatic carbocycles. The van der Waals surface area contributed by atoms with Gasteiger partial charge < -0.3 is 24.7 Å². The summed E-state index contributed by atoms with van der Waals surface area (Å²) in [6.07, 6.45) is 0.0712. The van der Waals surface area contributed by atoms with Crippen LogP contribution in [0, 0.1) is 5.92 Å². The Morgan fingerprint density at radius 3 is 2.64 bits per heavy atom. The standard InChI is InChI=1S/C23H26Cl2N6O9P2S3/c1-10-18(16(7-36-41(33,34)43)39-22(10)31-21-19(45-23(31)32)20(26)27-8-28-21)40-42(35,44)37-6-11-2-3-17(38-11)30-9-29-14-4-12(24)13(25)5-15(14)30/h4-5,8-11,16-18,22H,2-3,6-7H2,1H3,(H,35,44)(H2,26,27,28)(H2,33,34,43)/t10?,11-,16+,17+,18-,22+,42?/m0/s1. The largest absolute Gasteiger partial charge is 0.386 e. The number of fused-ring (bicyclic) bond motifs is 2. The number of thiazole rings is 1. The van der Waals surface area contributed by atoms with Crippen molar-refractivity contribution in [1.82, 2.24) is 24.1 Å². The van der Waals surface area contributed by atoms with Crippen LogP contribution >= 0.6 is 72.6 Å². The zero-order chi connectivity index (χ0) is 32.3. The van der Waals surface area contributed by atoms with Crippen LogP contribution in [0.15, 0.2) is 29.6 Å². The van der Waals surface area contributed by atoms with E-state index in [2.05, 4.69) is 39.4 Å². The first-order valence-electron chi connectivity index (χ1n) is 13.3. The number of aromatic nitrogens is 5. The zero-order valence-electron chi connectivity index (χ0n) is 23.1. The molecule has 3 aromatic heterocycles. The first-order chi connectivity index (χ1) is 21.2. The number of anilines is 1. The maximum Gasteiger partial charge on any atom is 0.386 e. The molecule has 15 nitrogen and oxygen atoms in total. The van der Waals surface area contributed by atoms with E-state index >= 15 is 0 Å². The van der Waals surface area contributed by atoms with E-state index in [1.54, 1.807) is 25.4 Å². The fourth-order valence-electron chi connectivity index (χ4n) is 5.37. The lowest BCUT2D eigenvalue weighted by atomic mass is 10.0. The number of ether oxygens (including phenoxy) is 2. The zero-order valence-corrected chi connectivity index (χ0v) is 29.0. The molecule has 0 spiro atoms. The quantitative estimate of drug-likeness (QED) is 0.117. The van der Waals surface area contributed by atoms with Gasteiger partial charge in [0.15, 0.2) is 5.65 Å². The smallest absolute Gasteiger partial charge is 0.382 e. The summed E-state index contributed by atoms with van der Waals surface area (Å²) in [4.78, 5) is 34.6. The van der Waals surface area contributed by atoms with Crippen LogP contribution in [-0.2, 0) is 32.2 Å². The Hall–Kier alpha value is -1.24. The second kappa shape index (κ2) is 13.0. The van der Waals surface area contributed by atoms with E-state index in [-0.39, 0.29) is 24.3 Å². The van der Waals surface area contributed by atoms with Gasteiger partial charge in [-0.25, -0.2) is 24.1 Å². The lowest BCUT2D eigenvalue weighted by molar-refractivity contribution is -0.0408. The van der Waals surface area contributed by atoms with Gasteiger partial charge in [-0.05, 0) is 25.0 Å². The molecular formula is C23H26Cl2N6O9P2S3. The number of nitrogen functional groups attached to an aromatic ring is 1. The minimum absolute atomic E-state index is 0.115. The van der Waals surface area contributed by atoms with Gasteiger partial charge in [0, 0.05) is 5.92 Å². The molecule has 0 radical (unpaired) electrons. The summed E-state index contributed by atoms with van der Waals surface area (Å²) < 4.78 is 57.4. The van der Waals surface area contributed by atoms with Crippen molar-refractivity contribution in [3.05, 3.63) is 44.5 Å². The number of hydrogen-bond donors (Lipinski definition) is 4. The molecule has 6 rings (SSSR count). The fraction of sp³-hybridized carbons (Fsp3) is 0.478. The average molecular weight is 760 g/mol. The predicted octanol–water partition coefficient (Wildman–Crippen LogP) is 5.49. The SMILES string of the molecule is CC1[C@H](n2c(=O)sc3c(N)ncnc32)O[C@H](COP(=O)(O)S)[C@H]1OP(=O)(S)OC[C@@H]1CC[C@H](n2cnc3cc(Cl)c(Cl)cc32)O1. The van der Waals surface area contributed by atoms with Crippen molar-refractivity contribution in [1.29, 1.82) is 0 Å². The van der Waals surface area contributed by atoms with Crippen molar-refractivity contribution in [2.24, 2.45) is 5.92 Å². The van der Waals surface area contributed by atoms with Gasteiger partial charge in [0.25, 0.3) is 0 Å². The van der Waals surface area contributed by atoms with Gasteiger partial charge in [-0.2, -0.15) is 0 Å². The number of halogens is 2. The van der Waals surface area contributed by atoms with Gasteiger partial charge in [-0.3, -0.25) is 22.9 Å². The van der Waals surface area contributed by atoms with Crippen molar-refractivity contribution in [2.75, 3.05) is 18.9 Å². The molecule has 2 saturated heterocycles. The number of nitrogens with two attached hydrogens (primary N) is 1. The van der Waals surface area contributed by atoms with Crippen molar-refractivity contribution >= 4 is 99.8 Å². The highest BCUT2D eigenvalue weighted by atomic mass is 35.5. The first-order valence-corrected chi connectivity index (χ1v) is 20.3. The third kappa shape index (κ3) is 7.14. The predicted molar refractivity (Wildman–Crippen MR) is 174 cm³/mol. The molecule has 8 atom stereocenters. The molecule has 0 bridgehead atoms. The summed E-state index contributed by atoms with van der Waals surface area (Å²) >= 11 is 20.9. The molecule has 3 unspecified atom stereocenters. The Bertz CT molecular complexity index is 1910. The summed E-state index contributed by atoms with van der Waals surface area (Å²) in [5, 5.41) is 0.781. The Morgan fingerprint density at radius 2 is 1.89 bits per heavy atom.